The van der Waals surface area contributed by atoms with Crippen LogP contribution in [-0.4, -0.2) is 79.8 Å². The number of nitrogens with one attached hydrogen (secondary N) is 6. The molecule has 0 atom stereocenters. The Bertz CT molecular complexity index is 4650. The molecular formula is C92H122Cl8N8O8S4. The Morgan fingerprint density at radius 1 is 0.233 bits per heavy atom. The molecule has 0 spiro atoms. The minimum absolute atomic E-state index is 0.0224. The highest BCUT2D eigenvalue weighted by atomic mass is 35.5. The van der Waals surface area contributed by atoms with Crippen LogP contribution in [0.5, 0.6) is 0 Å². The Morgan fingerprint density at radius 3 is 0.575 bits per heavy atom. The van der Waals surface area contributed by atoms with Crippen molar-refractivity contribution in [2.45, 2.75) is 304 Å². The molecule has 658 valence electrons. The van der Waals surface area contributed by atoms with Crippen LogP contribution in [0.2, 0.25) is 40.2 Å². The number of H-pyrrole nitrogens is 2. The maximum absolute atomic E-state index is 14.7. The molecule has 8 bridgehead atoms. The van der Waals surface area contributed by atoms with E-state index >= 15 is 0 Å². The van der Waals surface area contributed by atoms with Crippen LogP contribution in [0.15, 0.2) is 92.4 Å². The number of fused-ring (bicyclic) bond motifs is 8. The number of aromatic nitrogens is 4. The van der Waals surface area contributed by atoms with Crippen LogP contribution >= 0.6 is 92.8 Å². The molecule has 3 aromatic heterocycles. The molecule has 2 aliphatic rings. The van der Waals surface area contributed by atoms with Gasteiger partial charge in [0.2, 0.25) is 40.1 Å². The van der Waals surface area contributed by atoms with E-state index in [2.05, 4.69) is 56.6 Å². The van der Waals surface area contributed by atoms with Crippen molar-refractivity contribution >= 4 is 179 Å². The van der Waals surface area contributed by atoms with Crippen LogP contribution in [0.25, 0.3) is 90.9 Å². The number of hydrogen-bond acceptors (Lipinski definition) is 10. The average molecular weight is 1880 g/mol. The summed E-state index contributed by atoms with van der Waals surface area (Å²) >= 11 is 60.0. The molecule has 120 heavy (non-hydrogen) atoms. The maximum Gasteiger partial charge on any atom is 0.242 e. The van der Waals surface area contributed by atoms with Gasteiger partial charge in [-0.2, -0.15) is 0 Å². The van der Waals surface area contributed by atoms with Crippen molar-refractivity contribution < 1.29 is 33.7 Å². The highest BCUT2D eigenvalue weighted by Crippen LogP contribution is 2.50. The normalized spacial score (nSPS) is 12.6. The van der Waals surface area contributed by atoms with Gasteiger partial charge in [-0.3, -0.25) is 0 Å². The van der Waals surface area contributed by atoms with Crippen LogP contribution in [0.4, 0.5) is 0 Å². The van der Waals surface area contributed by atoms with Gasteiger partial charge in [-0.1, -0.05) is 352 Å². The molecule has 4 aromatic carbocycles. The summed E-state index contributed by atoms with van der Waals surface area (Å²) in [5.41, 5.74) is 2.42. The van der Waals surface area contributed by atoms with Crippen molar-refractivity contribution in [1.29, 1.82) is 0 Å². The molecule has 16 nitrogen and oxygen atoms in total. The first-order valence-corrected chi connectivity index (χ1v) is 52.9. The van der Waals surface area contributed by atoms with Gasteiger partial charge in [-0.25, -0.2) is 62.5 Å². The van der Waals surface area contributed by atoms with E-state index in [9.17, 15) is 33.7 Å². The van der Waals surface area contributed by atoms with Crippen molar-refractivity contribution in [3.8, 4) is 44.5 Å². The molecule has 5 heterocycles. The van der Waals surface area contributed by atoms with E-state index in [0.717, 1.165) is 103 Å². The first-order valence-electron chi connectivity index (χ1n) is 43.9. The third kappa shape index (κ3) is 27.7. The summed E-state index contributed by atoms with van der Waals surface area (Å²) in [7, 11) is -17.4. The zero-order valence-corrected chi connectivity index (χ0v) is 79.5. The van der Waals surface area contributed by atoms with Gasteiger partial charge in [0, 0.05) is 92.8 Å². The van der Waals surface area contributed by atoms with Crippen molar-refractivity contribution in [3.05, 3.63) is 136 Å². The Hall–Kier alpha value is -4.56. The fraction of sp³-hybridized carbons (Fsp3) is 0.522. The fourth-order valence-corrected chi connectivity index (χ4v) is 23.8. The summed E-state index contributed by atoms with van der Waals surface area (Å²) in [4.78, 5) is 16.8. The molecular weight excluding hydrogens is 1760 g/mol. The lowest BCUT2D eigenvalue weighted by molar-refractivity contribution is 0.548. The van der Waals surface area contributed by atoms with Crippen LogP contribution in [0.1, 0.15) is 307 Å². The van der Waals surface area contributed by atoms with Crippen LogP contribution in [0.3, 0.4) is 0 Å². The standard InChI is InChI=1S/C92H122Cl8N8O8S4/c1-5-9-13-17-21-25-29-33-37-41-61-101-117(109,110)77-57-45-65(93)81(89(77)97)85-69-49-51-71(105-69)86(82-66(94)46-58-78(90(82)98)118(111,112)102-62-42-38-34-30-26-22-18-14-10-6-2)73-53-55-75(107-73)88(84-68(96)48-60-80(92(84)100)120(115,116)104-64-44-40-36-32-28-24-20-16-12-8-4)76-56-54-74(108-76)87(72-52-50-70(85)106-72)83-67(95)47-59-79(91(83)99)119(113,114)103-63-43-39-35-31-27-23-19-15-11-7-3/h45-60,101-105,108H,5-44,61-64H2,1-4H3. The highest BCUT2D eigenvalue weighted by Gasteiger charge is 2.32. The predicted octanol–water partition coefficient (Wildman–Crippen LogP) is 29.3. The number of hydrogen-bond donors (Lipinski definition) is 6. The number of benzene rings is 4. The fourth-order valence-electron chi connectivity index (χ4n) is 15.7. The summed E-state index contributed by atoms with van der Waals surface area (Å²) < 4.78 is 129. The first kappa shape index (κ1) is 99.2. The summed E-state index contributed by atoms with van der Waals surface area (Å²) in [5.74, 6) is 0. The molecule has 0 aliphatic carbocycles. The molecule has 0 saturated carbocycles. The smallest absolute Gasteiger partial charge is 0.242 e. The van der Waals surface area contributed by atoms with E-state index in [1.54, 1.807) is 48.6 Å². The van der Waals surface area contributed by atoms with Gasteiger partial charge in [-0.05, 0) is 123 Å². The molecule has 0 fully saturated rings. The van der Waals surface area contributed by atoms with Gasteiger partial charge in [0.15, 0.2) is 0 Å². The summed E-state index contributed by atoms with van der Waals surface area (Å²) in [6.45, 7) is 9.38. The SMILES string of the molecule is CCCCCCCCCCCCNS(=O)(=O)c1ccc(Cl)c(-c2c3nc(c(-c4c(Cl)ccc(S(=O)(=O)NCCCCCCCCCCCC)c4Cl)c4ccc([nH]4)c(-c4c(Cl)ccc(S(=O)(=O)NCCCCCCCCCCCC)c4Cl)c4nc(c(-c5c(Cl)ccc(S(=O)(=O)NCCCCCCCCCCCC)c5Cl)c5ccc2[nH]5)C=C4)C=C3)c1Cl. The number of aromatic amines is 2. The topological polar surface area (TPSA) is 242 Å². The maximum atomic E-state index is 14.7. The first-order chi connectivity index (χ1) is 57.8. The van der Waals surface area contributed by atoms with E-state index < -0.39 is 40.1 Å². The third-order valence-corrected chi connectivity index (χ3v) is 31.7. The minimum Gasteiger partial charge on any atom is -0.354 e. The number of unbranched alkanes of at least 4 members (excludes halogenated alkanes) is 36. The molecule has 2 aliphatic heterocycles. The quantitative estimate of drug-likeness (QED) is 0.0197. The lowest BCUT2D eigenvalue weighted by Gasteiger charge is -2.15. The van der Waals surface area contributed by atoms with Crippen LogP contribution in [-0.2, 0) is 40.1 Å². The second-order valence-corrected chi connectivity index (χ2v) is 41.8. The Kier molecular flexibility index (Phi) is 41.4. The van der Waals surface area contributed by atoms with Crippen molar-refractivity contribution in [2.24, 2.45) is 0 Å². The van der Waals surface area contributed by atoms with Crippen molar-refractivity contribution in [3.63, 3.8) is 0 Å². The molecule has 0 unspecified atom stereocenters. The van der Waals surface area contributed by atoms with Gasteiger partial charge >= 0.3 is 0 Å². The lowest BCUT2D eigenvalue weighted by atomic mass is 10.0. The number of sulfonamides is 4. The van der Waals surface area contributed by atoms with E-state index in [0.29, 0.717) is 25.7 Å². The second-order valence-electron chi connectivity index (χ2n) is 31.8. The van der Waals surface area contributed by atoms with Gasteiger partial charge in [0.1, 0.15) is 19.6 Å². The zero-order chi connectivity index (χ0) is 86.2. The van der Waals surface area contributed by atoms with Gasteiger partial charge < -0.3 is 9.97 Å². The number of nitrogens with zero attached hydrogens (tertiary/aromatic N) is 2. The Morgan fingerprint density at radius 2 is 0.400 bits per heavy atom. The molecule has 0 amide bonds. The Labute approximate surface area is 755 Å². The number of halogens is 8. The lowest BCUT2D eigenvalue weighted by Crippen LogP contribution is -2.25. The van der Waals surface area contributed by atoms with Crippen molar-refractivity contribution in [1.82, 2.24) is 38.8 Å². The molecule has 28 heteroatoms. The monoisotopic (exact) mass is 1870 g/mol. The molecule has 6 N–H and O–H groups in total. The minimum atomic E-state index is -4.34. The van der Waals surface area contributed by atoms with Gasteiger partial charge in [-0.15, -0.1) is 0 Å². The molecule has 0 radical (unpaired) electrons. The van der Waals surface area contributed by atoms with Gasteiger partial charge in [0.25, 0.3) is 0 Å². The zero-order valence-electron chi connectivity index (χ0n) is 70.2. The van der Waals surface area contributed by atoms with Crippen molar-refractivity contribution in [2.75, 3.05) is 26.2 Å². The van der Waals surface area contributed by atoms with E-state index in [1.807, 2.05) is 0 Å². The molecule has 7 aromatic rings. The summed E-state index contributed by atoms with van der Waals surface area (Å²) in [5, 5.41) is -0.915. The summed E-state index contributed by atoms with van der Waals surface area (Å²) in [6, 6.07) is 17.9. The van der Waals surface area contributed by atoms with E-state index in [-0.39, 0.29) is 175 Å². The van der Waals surface area contributed by atoms with E-state index in [1.165, 1.54) is 177 Å². The largest absolute Gasteiger partial charge is 0.354 e. The molecule has 9 rings (SSSR count). The van der Waals surface area contributed by atoms with Crippen LogP contribution in [0, 0.1) is 0 Å². The summed E-state index contributed by atoms with van der Waals surface area (Å²) in [6.07, 6.45) is 48.9. The second kappa shape index (κ2) is 50.1. The van der Waals surface area contributed by atoms with E-state index in [4.69, 9.17) is 103 Å². The Balaban J connectivity index is 1.26. The number of rotatable bonds is 56. The predicted molar refractivity (Wildman–Crippen MR) is 509 cm³/mol. The third-order valence-electron chi connectivity index (χ3n) is 22.4. The average Bonchev–Trinajstić information content (AvgIpc) is 1.56. The van der Waals surface area contributed by atoms with Gasteiger partial charge in [0.05, 0.1) is 63.0 Å². The highest BCUT2D eigenvalue weighted by molar-refractivity contribution is 7.90. The van der Waals surface area contributed by atoms with Crippen LogP contribution < -0.4 is 18.9 Å². The molecule has 0 saturated heterocycles.